The Morgan fingerprint density at radius 1 is 1.19 bits per heavy atom. The summed E-state index contributed by atoms with van der Waals surface area (Å²) in [5, 5.41) is 20.6. The second-order valence-corrected chi connectivity index (χ2v) is 7.21. The van der Waals surface area contributed by atoms with Gasteiger partial charge in [-0.1, -0.05) is 0 Å². The number of anilines is 2. The van der Waals surface area contributed by atoms with Crippen molar-refractivity contribution in [3.05, 3.63) is 51.9 Å². The lowest BCUT2D eigenvalue weighted by Gasteiger charge is -2.19. The Kier molecular flexibility index (Phi) is 6.42. The Morgan fingerprint density at radius 2 is 1.88 bits per heavy atom. The zero-order valence-corrected chi connectivity index (χ0v) is 17.1. The third kappa shape index (κ3) is 5.22. The quantitative estimate of drug-likeness (QED) is 0.274. The first kappa shape index (κ1) is 22.3. The largest absolute Gasteiger partial charge is 0.481 e. The van der Waals surface area contributed by atoms with E-state index in [4.69, 9.17) is 10.8 Å². The fraction of sp³-hybridized carbons (Fsp3) is 0.250. The molecule has 0 spiro atoms. The number of amides is 1. The topological polar surface area (TPSA) is 194 Å². The molecule has 0 unspecified atom stereocenters. The van der Waals surface area contributed by atoms with Gasteiger partial charge in [0.1, 0.15) is 11.7 Å². The van der Waals surface area contributed by atoms with Crippen LogP contribution in [-0.2, 0) is 16.1 Å². The fourth-order valence-electron chi connectivity index (χ4n) is 3.16. The predicted octanol–water partition coefficient (Wildman–Crippen LogP) is 0.518. The van der Waals surface area contributed by atoms with Gasteiger partial charge >= 0.3 is 11.9 Å². The van der Waals surface area contributed by atoms with E-state index < -0.39 is 23.9 Å². The average Bonchev–Trinajstić information content (AvgIpc) is 3.13. The highest BCUT2D eigenvalue weighted by Crippen LogP contribution is 2.18. The second-order valence-electron chi connectivity index (χ2n) is 7.21. The van der Waals surface area contributed by atoms with Crippen LogP contribution in [-0.4, -0.2) is 56.1 Å². The zero-order valence-electron chi connectivity index (χ0n) is 17.1. The van der Waals surface area contributed by atoms with Crippen molar-refractivity contribution in [1.29, 1.82) is 0 Å². The monoisotopic (exact) mass is 442 g/mol. The van der Waals surface area contributed by atoms with Crippen LogP contribution >= 0.6 is 0 Å². The summed E-state index contributed by atoms with van der Waals surface area (Å²) in [6.45, 7) is 0.414. The lowest BCUT2D eigenvalue weighted by molar-refractivity contribution is -0.140. The summed E-state index contributed by atoms with van der Waals surface area (Å²) in [6, 6.07) is 6.84. The minimum Gasteiger partial charge on any atom is -0.481 e. The van der Waals surface area contributed by atoms with Gasteiger partial charge in [-0.05, 0) is 36.8 Å². The highest BCUT2D eigenvalue weighted by molar-refractivity contribution is 5.97. The Morgan fingerprint density at radius 3 is 2.50 bits per heavy atom. The number of nitrogens with one attached hydrogen (secondary N) is 3. The van der Waals surface area contributed by atoms with E-state index in [1.807, 2.05) is 11.9 Å². The molecule has 2 aromatic heterocycles. The van der Waals surface area contributed by atoms with Crippen molar-refractivity contribution in [3.8, 4) is 0 Å². The molecule has 12 nitrogen and oxygen atoms in total. The molecule has 0 radical (unpaired) electrons. The van der Waals surface area contributed by atoms with Crippen LogP contribution < -0.4 is 21.5 Å². The first-order valence-corrected chi connectivity index (χ1v) is 9.58. The maximum Gasteiger partial charge on any atom is 0.326 e. The van der Waals surface area contributed by atoms with E-state index in [9.17, 15) is 24.3 Å². The van der Waals surface area contributed by atoms with E-state index in [1.165, 1.54) is 12.1 Å². The number of hydrogen-bond donors (Lipinski definition) is 6. The number of carboxylic acids is 2. The van der Waals surface area contributed by atoms with Crippen LogP contribution in [0.5, 0.6) is 0 Å². The summed E-state index contributed by atoms with van der Waals surface area (Å²) in [4.78, 5) is 57.6. The molecular weight excluding hydrogens is 420 g/mol. The molecule has 168 valence electrons. The van der Waals surface area contributed by atoms with Gasteiger partial charge in [0.15, 0.2) is 0 Å². The molecule has 0 aliphatic heterocycles. The summed E-state index contributed by atoms with van der Waals surface area (Å²) in [5.41, 5.74) is 7.34. The number of carboxylic acid groups (broad SMARTS) is 2. The first-order valence-electron chi connectivity index (χ1n) is 9.58. The normalized spacial score (nSPS) is 11.8. The summed E-state index contributed by atoms with van der Waals surface area (Å²) >= 11 is 0. The first-order chi connectivity index (χ1) is 15.1. The fourth-order valence-corrected chi connectivity index (χ4v) is 3.16. The van der Waals surface area contributed by atoms with Crippen LogP contribution in [0, 0.1) is 0 Å². The van der Waals surface area contributed by atoms with Crippen molar-refractivity contribution in [2.24, 2.45) is 0 Å². The Bertz CT molecular complexity index is 1220. The minimum absolute atomic E-state index is 0.0196. The molecule has 1 aromatic carbocycles. The summed E-state index contributed by atoms with van der Waals surface area (Å²) in [5.74, 6) is -3.04. The molecule has 0 saturated carbocycles. The van der Waals surface area contributed by atoms with Gasteiger partial charge < -0.3 is 31.1 Å². The minimum atomic E-state index is -1.30. The number of nitrogens with two attached hydrogens (primary N) is 1. The van der Waals surface area contributed by atoms with Gasteiger partial charge in [-0.15, -0.1) is 0 Å². The standard InChI is InChI=1S/C20H22N6O6/c1-26(9-11-8-13-16(22-11)24-20(21)25-18(13)30)12-4-2-10(3-5-12)17(29)23-14(19(31)32)6-7-15(27)28/h2-5,8,14H,6-7,9H2,1H3,(H,23,29)(H,27,28)(H,31,32)(H4,21,22,24,25,30)/t14-/m0/s1. The van der Waals surface area contributed by atoms with Crippen molar-refractivity contribution in [2.75, 3.05) is 17.7 Å². The Labute approximate surface area is 181 Å². The number of aliphatic carboxylic acids is 2. The van der Waals surface area contributed by atoms with Gasteiger partial charge in [0.05, 0.1) is 11.9 Å². The van der Waals surface area contributed by atoms with Crippen LogP contribution in [0.15, 0.2) is 35.1 Å². The molecule has 3 rings (SSSR count). The smallest absolute Gasteiger partial charge is 0.326 e. The van der Waals surface area contributed by atoms with E-state index in [2.05, 4.69) is 20.3 Å². The molecule has 32 heavy (non-hydrogen) atoms. The molecule has 0 bridgehead atoms. The summed E-state index contributed by atoms with van der Waals surface area (Å²) in [6.07, 6.45) is -0.589. The summed E-state index contributed by atoms with van der Waals surface area (Å²) < 4.78 is 0. The van der Waals surface area contributed by atoms with Crippen molar-refractivity contribution in [1.82, 2.24) is 20.3 Å². The van der Waals surface area contributed by atoms with E-state index in [0.717, 1.165) is 11.4 Å². The van der Waals surface area contributed by atoms with Crippen LogP contribution in [0.3, 0.4) is 0 Å². The third-order valence-corrected chi connectivity index (χ3v) is 4.80. The molecule has 0 aliphatic carbocycles. The second kappa shape index (κ2) is 9.20. The molecule has 1 atom stereocenters. The van der Waals surface area contributed by atoms with Crippen LogP contribution in [0.2, 0.25) is 0 Å². The van der Waals surface area contributed by atoms with E-state index in [0.29, 0.717) is 17.6 Å². The van der Waals surface area contributed by atoms with Crippen molar-refractivity contribution in [2.45, 2.75) is 25.4 Å². The number of aromatic nitrogens is 3. The van der Waals surface area contributed by atoms with Gasteiger partial charge in [0.2, 0.25) is 5.95 Å². The molecule has 3 aromatic rings. The van der Waals surface area contributed by atoms with Crippen molar-refractivity contribution >= 4 is 40.5 Å². The lowest BCUT2D eigenvalue weighted by atomic mass is 10.1. The van der Waals surface area contributed by atoms with Crippen LogP contribution in [0.1, 0.15) is 28.9 Å². The molecule has 7 N–H and O–H groups in total. The molecule has 0 aliphatic rings. The molecule has 2 heterocycles. The van der Waals surface area contributed by atoms with Crippen molar-refractivity contribution < 1.29 is 24.6 Å². The van der Waals surface area contributed by atoms with E-state index in [-0.39, 0.29) is 29.9 Å². The third-order valence-electron chi connectivity index (χ3n) is 4.80. The summed E-state index contributed by atoms with van der Waals surface area (Å²) in [7, 11) is 1.82. The Hall–Kier alpha value is -4.35. The molecule has 12 heteroatoms. The number of fused-ring (bicyclic) bond motifs is 1. The van der Waals surface area contributed by atoms with Gasteiger partial charge in [0.25, 0.3) is 11.5 Å². The lowest BCUT2D eigenvalue weighted by Crippen LogP contribution is -2.41. The maximum atomic E-state index is 12.3. The number of nitrogen functional groups attached to an aromatic ring is 1. The number of H-pyrrole nitrogens is 2. The number of nitrogens with zero attached hydrogens (tertiary/aromatic N) is 2. The van der Waals surface area contributed by atoms with Crippen molar-refractivity contribution in [3.63, 3.8) is 0 Å². The number of carbonyl (C=O) groups excluding carboxylic acids is 1. The van der Waals surface area contributed by atoms with Gasteiger partial charge in [-0.25, -0.2) is 4.79 Å². The number of carbonyl (C=O) groups is 3. The molecule has 0 fully saturated rings. The molecular formula is C20H22N6O6. The van der Waals surface area contributed by atoms with E-state index in [1.54, 1.807) is 18.2 Å². The predicted molar refractivity (Wildman–Crippen MR) is 115 cm³/mol. The number of aromatic amines is 2. The van der Waals surface area contributed by atoms with Gasteiger partial charge in [0, 0.05) is 30.4 Å². The van der Waals surface area contributed by atoms with Crippen LogP contribution in [0.25, 0.3) is 11.0 Å². The molecule has 1 amide bonds. The highest BCUT2D eigenvalue weighted by Gasteiger charge is 2.21. The number of rotatable bonds is 9. The average molecular weight is 442 g/mol. The molecule has 0 saturated heterocycles. The number of benzene rings is 1. The van der Waals surface area contributed by atoms with Gasteiger partial charge in [-0.2, -0.15) is 4.98 Å². The zero-order chi connectivity index (χ0) is 23.4. The highest BCUT2D eigenvalue weighted by atomic mass is 16.4. The Balaban J connectivity index is 1.67. The van der Waals surface area contributed by atoms with Crippen LogP contribution in [0.4, 0.5) is 11.6 Å². The van der Waals surface area contributed by atoms with Gasteiger partial charge in [-0.3, -0.25) is 19.4 Å². The SMILES string of the molecule is CN(Cc1cc2c(=O)[nH]c(N)nc2[nH]1)c1ccc(C(=O)N[C@@H](CCC(=O)O)C(=O)O)cc1. The van der Waals surface area contributed by atoms with E-state index >= 15 is 0 Å². The number of hydrogen-bond acceptors (Lipinski definition) is 7. The maximum absolute atomic E-state index is 12.3.